The Kier molecular flexibility index (Phi) is 11.4. The van der Waals surface area contributed by atoms with Gasteiger partial charge in [-0.3, -0.25) is 0 Å². The third-order valence-corrected chi connectivity index (χ3v) is 21.9. The monoisotopic (exact) mass is 527 g/mol. The first kappa shape index (κ1) is 25.7. The van der Waals surface area contributed by atoms with Gasteiger partial charge in [-0.05, 0) is 0 Å². The van der Waals surface area contributed by atoms with Crippen LogP contribution in [0, 0.1) is 0 Å². The fraction of sp³-hybridized carbons (Fsp3) is 0.464. The molecule has 0 aliphatic heterocycles. The van der Waals surface area contributed by atoms with Gasteiger partial charge in [0.25, 0.3) is 0 Å². The van der Waals surface area contributed by atoms with Crippen LogP contribution in [0.2, 0.25) is 13.3 Å². The molecular formula is C28H41NOSn. The van der Waals surface area contributed by atoms with Crippen LogP contribution < -0.4 is 0 Å². The van der Waals surface area contributed by atoms with Gasteiger partial charge < -0.3 is 0 Å². The summed E-state index contributed by atoms with van der Waals surface area (Å²) < 4.78 is 5.17. The van der Waals surface area contributed by atoms with E-state index in [4.69, 9.17) is 6.58 Å². The minimum atomic E-state index is -2.81. The number of unbranched alkanes of at least 4 members (excludes halogenated alkanes) is 3. The molecule has 0 saturated carbocycles. The zero-order valence-electron chi connectivity index (χ0n) is 19.9. The Hall–Kier alpha value is -1.55. The minimum absolute atomic E-state index is 0.111. The van der Waals surface area contributed by atoms with Crippen LogP contribution in [0.15, 0.2) is 71.0 Å². The Morgan fingerprint density at radius 2 is 1.23 bits per heavy atom. The van der Waals surface area contributed by atoms with Crippen molar-refractivity contribution in [3.8, 4) is 0 Å². The van der Waals surface area contributed by atoms with E-state index in [2.05, 4.69) is 49.9 Å². The van der Waals surface area contributed by atoms with Crippen LogP contribution in [0.25, 0.3) is 0 Å². The number of hydrogen-bond acceptors (Lipinski definition) is 1. The molecule has 3 heteroatoms. The molecule has 0 spiro atoms. The van der Waals surface area contributed by atoms with Crippen LogP contribution in [-0.4, -0.2) is 29.2 Å². The number of nitrogens with zero attached hydrogens (tertiary/aromatic N) is 1. The molecule has 2 nitrogen and oxygen atoms in total. The zero-order valence-corrected chi connectivity index (χ0v) is 22.8. The molecule has 2 rings (SSSR count). The Morgan fingerprint density at radius 3 is 1.68 bits per heavy atom. The molecule has 0 aromatic heterocycles. The number of rotatable bonds is 14. The quantitative estimate of drug-likeness (QED) is 0.227. The van der Waals surface area contributed by atoms with Crippen molar-refractivity contribution in [3.05, 3.63) is 82.1 Å². The summed E-state index contributed by atoms with van der Waals surface area (Å²) in [6, 6.07) is 20.2. The number of carbonyl (C=O) groups excluding carboxylic acids is 1. The van der Waals surface area contributed by atoms with Crippen molar-refractivity contribution < 1.29 is 4.79 Å². The Balaban J connectivity index is 2.46. The van der Waals surface area contributed by atoms with Crippen LogP contribution in [-0.2, 0) is 6.54 Å². The summed E-state index contributed by atoms with van der Waals surface area (Å²) in [5, 5.41) is 0. The molecule has 0 atom stereocenters. The predicted octanol–water partition coefficient (Wildman–Crippen LogP) is 8.23. The topological polar surface area (TPSA) is 20.3 Å². The molecule has 0 heterocycles. The Morgan fingerprint density at radius 1 is 0.774 bits per heavy atom. The van der Waals surface area contributed by atoms with E-state index in [1.165, 1.54) is 61.1 Å². The third-order valence-electron chi connectivity index (χ3n) is 6.41. The average Bonchev–Trinajstić information content (AvgIpc) is 2.82. The zero-order chi connectivity index (χ0) is 22.5. The van der Waals surface area contributed by atoms with E-state index in [-0.39, 0.29) is 5.91 Å². The third kappa shape index (κ3) is 7.52. The normalized spacial score (nSPS) is 11.3. The maximum absolute atomic E-state index is 13.8. The molecule has 31 heavy (non-hydrogen) atoms. The first-order chi connectivity index (χ1) is 15.1. The number of carbonyl (C=O) groups is 1. The Bertz CT molecular complexity index is 765. The molecule has 168 valence electrons. The molecule has 0 N–H and O–H groups in total. The standard InChI is InChI=1S/C16H14NO.3C4H9.Sn/c1-2-17(13-14-9-5-3-6-10-14)16(18)15-11-7-4-8-12-15;3*1-3-4-2;/h3-12H,1,13H2;3*1,3-4H2,2H3;. The van der Waals surface area contributed by atoms with E-state index in [1.54, 1.807) is 0 Å². The summed E-state index contributed by atoms with van der Waals surface area (Å²) in [5.41, 5.74) is 1.94. The van der Waals surface area contributed by atoms with Crippen LogP contribution in [0.4, 0.5) is 0 Å². The van der Waals surface area contributed by atoms with Gasteiger partial charge in [-0.1, -0.05) is 0 Å². The summed E-state index contributed by atoms with van der Waals surface area (Å²) in [5.74, 6) is 0.111. The van der Waals surface area contributed by atoms with E-state index in [0.29, 0.717) is 6.54 Å². The molecule has 0 saturated heterocycles. The summed E-state index contributed by atoms with van der Waals surface area (Å²) in [6.07, 6.45) is 7.45. The van der Waals surface area contributed by atoms with Gasteiger partial charge in [0.05, 0.1) is 0 Å². The van der Waals surface area contributed by atoms with Gasteiger partial charge in [-0.15, -0.1) is 0 Å². The van der Waals surface area contributed by atoms with Crippen LogP contribution in [0.5, 0.6) is 0 Å². The van der Waals surface area contributed by atoms with Gasteiger partial charge in [0.1, 0.15) is 0 Å². The number of hydrogen-bond donors (Lipinski definition) is 0. The van der Waals surface area contributed by atoms with Crippen LogP contribution in [0.3, 0.4) is 0 Å². The van der Waals surface area contributed by atoms with Gasteiger partial charge in [0.15, 0.2) is 0 Å². The first-order valence-electron chi connectivity index (χ1n) is 12.2. The van der Waals surface area contributed by atoms with Gasteiger partial charge in [0.2, 0.25) is 0 Å². The van der Waals surface area contributed by atoms with Crippen molar-refractivity contribution in [2.24, 2.45) is 0 Å². The molecule has 0 aliphatic carbocycles. The van der Waals surface area contributed by atoms with E-state index >= 15 is 0 Å². The fourth-order valence-corrected chi connectivity index (χ4v) is 20.0. The first-order valence-corrected chi connectivity index (χ1v) is 19.7. The Labute approximate surface area is 194 Å². The second-order valence-corrected chi connectivity index (χ2v) is 22.0. The van der Waals surface area contributed by atoms with E-state index in [1.807, 2.05) is 36.4 Å². The van der Waals surface area contributed by atoms with Crippen molar-refractivity contribution in [3.63, 3.8) is 0 Å². The molecule has 2 aromatic rings. The van der Waals surface area contributed by atoms with E-state index in [0.717, 1.165) is 5.56 Å². The van der Waals surface area contributed by atoms with Gasteiger partial charge in [0, 0.05) is 0 Å². The van der Waals surface area contributed by atoms with Crippen molar-refractivity contribution in [2.45, 2.75) is 79.2 Å². The van der Waals surface area contributed by atoms with E-state index in [9.17, 15) is 4.79 Å². The number of amides is 1. The molecular weight excluding hydrogens is 485 g/mol. The summed E-state index contributed by atoms with van der Waals surface area (Å²) in [4.78, 5) is 15.8. The molecule has 0 fully saturated rings. The second-order valence-electron chi connectivity index (χ2n) is 8.78. The molecule has 2 aromatic carbocycles. The van der Waals surface area contributed by atoms with Crippen molar-refractivity contribution in [1.82, 2.24) is 4.90 Å². The molecule has 0 aliphatic rings. The summed E-state index contributed by atoms with van der Waals surface area (Å²) in [6.45, 7) is 12.2. The SMILES string of the molecule is C=[C](N(Cc1ccccc1)C(=O)c1ccccc1)[Sn]([CH2]CCC)([CH2]CCC)[CH2]CCC. The second kappa shape index (κ2) is 13.8. The van der Waals surface area contributed by atoms with Gasteiger partial charge in [-0.2, -0.15) is 0 Å². The predicted molar refractivity (Wildman–Crippen MR) is 137 cm³/mol. The van der Waals surface area contributed by atoms with Crippen LogP contribution in [0.1, 0.15) is 75.2 Å². The maximum atomic E-state index is 13.8. The molecule has 0 unspecified atom stereocenters. The summed E-state index contributed by atoms with van der Waals surface area (Å²) >= 11 is -2.81. The van der Waals surface area contributed by atoms with Crippen LogP contribution >= 0.6 is 0 Å². The fourth-order valence-electron chi connectivity index (χ4n) is 4.43. The van der Waals surface area contributed by atoms with Crippen molar-refractivity contribution in [2.75, 3.05) is 0 Å². The average molecular weight is 526 g/mol. The molecule has 0 bridgehead atoms. The van der Waals surface area contributed by atoms with Gasteiger partial charge in [-0.25, -0.2) is 0 Å². The van der Waals surface area contributed by atoms with Gasteiger partial charge >= 0.3 is 195 Å². The summed E-state index contributed by atoms with van der Waals surface area (Å²) in [7, 11) is 0. The van der Waals surface area contributed by atoms with Crippen molar-refractivity contribution >= 4 is 24.3 Å². The molecule has 0 radical (unpaired) electrons. The number of benzene rings is 2. The van der Waals surface area contributed by atoms with E-state index < -0.39 is 18.4 Å². The molecule has 1 amide bonds. The van der Waals surface area contributed by atoms with Crippen molar-refractivity contribution in [1.29, 1.82) is 0 Å².